The Kier molecular flexibility index (Phi) is 16.2. The highest BCUT2D eigenvalue weighted by Crippen LogP contribution is 2.68. The Morgan fingerprint density at radius 3 is 2.04 bits per heavy atom. The number of esters is 1. The largest absolute Gasteiger partial charge is 0.462 e. The first kappa shape index (κ1) is 39.0. The van der Waals surface area contributed by atoms with E-state index >= 15 is 0 Å². The summed E-state index contributed by atoms with van der Waals surface area (Å²) in [5.41, 5.74) is 1.05. The molecule has 5 unspecified atom stereocenters. The molecular weight excluding hydrogens is 572 g/mol. The van der Waals surface area contributed by atoms with E-state index in [1.807, 2.05) is 0 Å². The Bertz CT molecular complexity index is 921. The van der Waals surface area contributed by atoms with Crippen LogP contribution in [0.25, 0.3) is 0 Å². The fourth-order valence-corrected chi connectivity index (χ4v) is 11.9. The molecule has 0 aliphatic heterocycles. The van der Waals surface area contributed by atoms with E-state index in [0.717, 1.165) is 60.7 Å². The van der Waals surface area contributed by atoms with Crippen molar-refractivity contribution in [3.63, 3.8) is 0 Å². The summed E-state index contributed by atoms with van der Waals surface area (Å²) >= 11 is 0. The van der Waals surface area contributed by atoms with E-state index in [-0.39, 0.29) is 12.1 Å². The van der Waals surface area contributed by atoms with Crippen LogP contribution in [0.1, 0.15) is 208 Å². The summed E-state index contributed by atoms with van der Waals surface area (Å²) in [5, 5.41) is 0. The number of fused-ring (bicyclic) bond motifs is 5. The van der Waals surface area contributed by atoms with E-state index in [9.17, 15) is 4.79 Å². The van der Waals surface area contributed by atoms with Crippen LogP contribution < -0.4 is 0 Å². The van der Waals surface area contributed by atoms with Crippen LogP contribution in [0.4, 0.5) is 0 Å². The van der Waals surface area contributed by atoms with Crippen molar-refractivity contribution in [2.75, 3.05) is 0 Å². The number of unbranched alkanes of at least 4 members (excludes halogenated alkanes) is 11. The van der Waals surface area contributed by atoms with E-state index in [2.05, 4.69) is 53.7 Å². The lowest BCUT2D eigenvalue weighted by Gasteiger charge is -2.61. The highest BCUT2D eigenvalue weighted by Gasteiger charge is 2.60. The van der Waals surface area contributed by atoms with Crippen molar-refractivity contribution >= 4 is 5.97 Å². The molecule has 4 aliphatic rings. The maximum absolute atomic E-state index is 12.8. The number of rotatable bonds is 21. The van der Waals surface area contributed by atoms with Gasteiger partial charge in [0.15, 0.2) is 0 Å². The first-order chi connectivity index (χ1) is 22.7. The van der Waals surface area contributed by atoms with Crippen LogP contribution in [0, 0.1) is 52.3 Å². The summed E-state index contributed by atoms with van der Waals surface area (Å²) in [7, 11) is 0. The fraction of sp³-hybridized carbons (Fsp3) is 0.933. The number of hydrogen-bond donors (Lipinski definition) is 0. The predicted molar refractivity (Wildman–Crippen MR) is 202 cm³/mol. The zero-order valence-corrected chi connectivity index (χ0v) is 32.5. The second-order valence-corrected chi connectivity index (χ2v) is 18.4. The minimum Gasteiger partial charge on any atom is -0.462 e. The van der Waals surface area contributed by atoms with Gasteiger partial charge in [0, 0.05) is 6.42 Å². The van der Waals surface area contributed by atoms with E-state index in [0.29, 0.717) is 17.3 Å². The summed E-state index contributed by atoms with van der Waals surface area (Å²) in [6.45, 7) is 15.0. The average Bonchev–Trinajstić information content (AvgIpc) is 3.40. The number of allylic oxidation sites excluding steroid dienone is 2. The Balaban J connectivity index is 1.10. The van der Waals surface area contributed by atoms with Crippen LogP contribution in [0.5, 0.6) is 0 Å². The summed E-state index contributed by atoms with van der Waals surface area (Å²) in [6.07, 6.45) is 38.9. The molecule has 4 rings (SSSR count). The van der Waals surface area contributed by atoms with Gasteiger partial charge in [-0.15, -0.1) is 0 Å². The molecule has 2 heteroatoms. The number of hydrogen-bond acceptors (Lipinski definition) is 2. The number of ether oxygens (including phenoxy) is 1. The molecule has 0 saturated heterocycles. The fourth-order valence-electron chi connectivity index (χ4n) is 11.9. The Morgan fingerprint density at radius 2 is 1.34 bits per heavy atom. The Morgan fingerprint density at radius 1 is 0.702 bits per heavy atom. The Hall–Kier alpha value is -0.790. The normalized spacial score (nSPS) is 34.3. The zero-order valence-electron chi connectivity index (χ0n) is 32.5. The second-order valence-electron chi connectivity index (χ2n) is 18.4. The van der Waals surface area contributed by atoms with Crippen molar-refractivity contribution in [1.29, 1.82) is 0 Å². The summed E-state index contributed by atoms with van der Waals surface area (Å²) < 4.78 is 6.17. The lowest BCUT2D eigenvalue weighted by molar-refractivity contribution is -0.162. The van der Waals surface area contributed by atoms with Gasteiger partial charge in [0.05, 0.1) is 0 Å². The third kappa shape index (κ3) is 10.8. The molecule has 0 aromatic heterocycles. The van der Waals surface area contributed by atoms with Crippen LogP contribution in [-0.4, -0.2) is 12.1 Å². The zero-order chi connectivity index (χ0) is 33.7. The molecule has 47 heavy (non-hydrogen) atoms. The molecule has 0 aromatic rings. The van der Waals surface area contributed by atoms with E-state index in [1.54, 1.807) is 0 Å². The maximum atomic E-state index is 12.8. The van der Waals surface area contributed by atoms with Gasteiger partial charge in [-0.2, -0.15) is 0 Å². The lowest BCUT2D eigenvalue weighted by Crippen LogP contribution is -2.54. The molecule has 0 bridgehead atoms. The van der Waals surface area contributed by atoms with Crippen LogP contribution in [0.3, 0.4) is 0 Å². The number of carbonyl (C=O) groups excluding carboxylic acids is 1. The van der Waals surface area contributed by atoms with E-state index in [1.165, 1.54) is 141 Å². The molecule has 272 valence electrons. The third-order valence-corrected chi connectivity index (χ3v) is 14.8. The molecule has 4 fully saturated rings. The second kappa shape index (κ2) is 19.6. The van der Waals surface area contributed by atoms with Crippen molar-refractivity contribution in [2.24, 2.45) is 52.3 Å². The topological polar surface area (TPSA) is 26.3 Å². The van der Waals surface area contributed by atoms with Gasteiger partial charge < -0.3 is 4.74 Å². The van der Waals surface area contributed by atoms with Crippen LogP contribution >= 0.6 is 0 Å². The van der Waals surface area contributed by atoms with E-state index < -0.39 is 0 Å². The Labute approximate surface area is 293 Å². The molecule has 0 amide bonds. The van der Waals surface area contributed by atoms with Gasteiger partial charge in [-0.3, -0.25) is 4.79 Å². The molecule has 0 heterocycles. The van der Waals surface area contributed by atoms with Crippen molar-refractivity contribution in [3.8, 4) is 0 Å². The molecule has 0 radical (unpaired) electrons. The molecule has 4 aliphatic carbocycles. The van der Waals surface area contributed by atoms with Crippen molar-refractivity contribution in [3.05, 3.63) is 12.2 Å². The van der Waals surface area contributed by atoms with Crippen LogP contribution in [-0.2, 0) is 9.53 Å². The van der Waals surface area contributed by atoms with Gasteiger partial charge in [0.2, 0.25) is 0 Å². The van der Waals surface area contributed by atoms with Gasteiger partial charge in [-0.1, -0.05) is 124 Å². The minimum atomic E-state index is 0.0814. The van der Waals surface area contributed by atoms with Crippen molar-refractivity contribution in [2.45, 2.75) is 215 Å². The molecular formula is C45H80O2. The average molecular weight is 653 g/mol. The van der Waals surface area contributed by atoms with Gasteiger partial charge in [0.1, 0.15) is 6.10 Å². The molecule has 9 atom stereocenters. The standard InChI is InChI=1S/C45H80O2/c1-7-8-9-10-11-12-13-14-15-16-17-18-19-20-21-25-43(46)47-38-30-32-44(5)37(34-38)26-27-39-41-29-28-40(36(4)24-22-23-35(2)3)45(41,6)33-31-42(39)44/h14-15,35-42H,7-13,16-34H2,1-6H3/b15-14-/t36-,37?,38?,39?,40-,41?,42?,44+,45-/m1/s1. The highest BCUT2D eigenvalue weighted by molar-refractivity contribution is 5.69. The smallest absolute Gasteiger partial charge is 0.306 e. The van der Waals surface area contributed by atoms with Gasteiger partial charge >= 0.3 is 5.97 Å². The third-order valence-electron chi connectivity index (χ3n) is 14.8. The van der Waals surface area contributed by atoms with Gasteiger partial charge in [-0.05, 0) is 142 Å². The lowest BCUT2D eigenvalue weighted by atomic mass is 9.44. The van der Waals surface area contributed by atoms with Gasteiger partial charge in [0.25, 0.3) is 0 Å². The van der Waals surface area contributed by atoms with Crippen LogP contribution in [0.2, 0.25) is 0 Å². The van der Waals surface area contributed by atoms with Crippen molar-refractivity contribution < 1.29 is 9.53 Å². The monoisotopic (exact) mass is 653 g/mol. The molecule has 2 nitrogen and oxygen atoms in total. The summed E-state index contributed by atoms with van der Waals surface area (Å²) in [5.74, 6) is 6.33. The molecule has 0 spiro atoms. The maximum Gasteiger partial charge on any atom is 0.306 e. The summed E-state index contributed by atoms with van der Waals surface area (Å²) in [4.78, 5) is 12.8. The SMILES string of the molecule is CCCCCCCC/C=C\CCCCCCCC(=O)OC1CC[C@@]2(C)C(CCC3C2CC[C@@]2(C)C3CC[C@@H]2[C@H](C)CCCC(C)C)C1. The minimum absolute atomic E-state index is 0.0814. The molecule has 0 aromatic carbocycles. The molecule has 4 saturated carbocycles. The molecule has 0 N–H and O–H groups in total. The van der Waals surface area contributed by atoms with Crippen molar-refractivity contribution in [1.82, 2.24) is 0 Å². The first-order valence-corrected chi connectivity index (χ1v) is 21.5. The van der Waals surface area contributed by atoms with Crippen LogP contribution in [0.15, 0.2) is 12.2 Å². The number of carbonyl (C=O) groups is 1. The van der Waals surface area contributed by atoms with Gasteiger partial charge in [-0.25, -0.2) is 0 Å². The summed E-state index contributed by atoms with van der Waals surface area (Å²) in [6, 6.07) is 0. The predicted octanol–water partition coefficient (Wildman–Crippen LogP) is 14.1. The highest BCUT2D eigenvalue weighted by atomic mass is 16.5. The van der Waals surface area contributed by atoms with E-state index in [4.69, 9.17) is 4.74 Å². The first-order valence-electron chi connectivity index (χ1n) is 21.5. The quantitative estimate of drug-likeness (QED) is 0.0700.